The van der Waals surface area contributed by atoms with E-state index in [1.807, 2.05) is 11.4 Å². The number of nitrogens with zero attached hydrogens (tertiary/aromatic N) is 2. The molecular weight excluding hydrogens is 242 g/mol. The minimum atomic E-state index is 0.236. The minimum Gasteiger partial charge on any atom is -0.396 e. The van der Waals surface area contributed by atoms with Crippen molar-refractivity contribution in [2.24, 2.45) is 0 Å². The summed E-state index contributed by atoms with van der Waals surface area (Å²) < 4.78 is 0. The summed E-state index contributed by atoms with van der Waals surface area (Å²) >= 11 is 3.29. The van der Waals surface area contributed by atoms with Crippen LogP contribution in [0, 0.1) is 0 Å². The van der Waals surface area contributed by atoms with Gasteiger partial charge in [0.15, 0.2) is 0 Å². The zero-order valence-corrected chi connectivity index (χ0v) is 10.4. The van der Waals surface area contributed by atoms with E-state index in [2.05, 4.69) is 9.97 Å². The molecule has 2 aromatic heterocycles. The van der Waals surface area contributed by atoms with Gasteiger partial charge >= 0.3 is 0 Å². The Hall–Kier alpha value is -0.850. The third-order valence-corrected chi connectivity index (χ3v) is 3.93. The predicted octanol–water partition coefficient (Wildman–Crippen LogP) is 1.89. The van der Waals surface area contributed by atoms with Gasteiger partial charge in [0, 0.05) is 6.61 Å². The van der Waals surface area contributed by atoms with E-state index in [0.717, 1.165) is 34.0 Å². The lowest BCUT2D eigenvalue weighted by molar-refractivity contribution is 0.296. The first-order valence-electron chi connectivity index (χ1n) is 4.99. The van der Waals surface area contributed by atoms with E-state index in [4.69, 9.17) is 10.8 Å². The van der Waals surface area contributed by atoms with Gasteiger partial charge < -0.3 is 10.8 Å². The highest BCUT2D eigenvalue weighted by molar-refractivity contribution is 7.98. The Morgan fingerprint density at radius 3 is 3.12 bits per heavy atom. The van der Waals surface area contributed by atoms with E-state index in [1.165, 1.54) is 0 Å². The van der Waals surface area contributed by atoms with Crippen molar-refractivity contribution in [2.45, 2.75) is 12.2 Å². The number of aliphatic hydroxyl groups is 1. The van der Waals surface area contributed by atoms with Gasteiger partial charge in [0.25, 0.3) is 0 Å². The SMILES string of the molecule is Nc1nc(CSCCCO)nc2sccc12. The topological polar surface area (TPSA) is 72.0 Å². The summed E-state index contributed by atoms with van der Waals surface area (Å²) in [5.74, 6) is 3.00. The molecule has 0 radical (unpaired) electrons. The summed E-state index contributed by atoms with van der Waals surface area (Å²) in [6.07, 6.45) is 0.807. The molecule has 16 heavy (non-hydrogen) atoms. The highest BCUT2D eigenvalue weighted by Crippen LogP contribution is 2.24. The molecule has 0 saturated carbocycles. The molecule has 0 aliphatic carbocycles. The third kappa shape index (κ3) is 2.63. The molecule has 86 valence electrons. The summed E-state index contributed by atoms with van der Waals surface area (Å²) in [5, 5.41) is 11.6. The normalized spacial score (nSPS) is 11.1. The minimum absolute atomic E-state index is 0.236. The van der Waals surface area contributed by atoms with Crippen molar-refractivity contribution in [3.8, 4) is 0 Å². The Balaban J connectivity index is 2.06. The van der Waals surface area contributed by atoms with Gasteiger partial charge in [-0.2, -0.15) is 11.8 Å². The van der Waals surface area contributed by atoms with Gasteiger partial charge in [-0.1, -0.05) is 0 Å². The van der Waals surface area contributed by atoms with Crippen LogP contribution in [0.15, 0.2) is 11.4 Å². The lowest BCUT2D eigenvalue weighted by Gasteiger charge is -2.02. The number of aromatic nitrogens is 2. The first-order chi connectivity index (χ1) is 7.81. The van der Waals surface area contributed by atoms with Crippen LogP contribution in [0.5, 0.6) is 0 Å². The van der Waals surface area contributed by atoms with Crippen LogP contribution in [-0.2, 0) is 5.75 Å². The summed E-state index contributed by atoms with van der Waals surface area (Å²) in [6.45, 7) is 0.236. The van der Waals surface area contributed by atoms with E-state index < -0.39 is 0 Å². The summed E-state index contributed by atoms with van der Waals surface area (Å²) in [4.78, 5) is 9.65. The maximum atomic E-state index is 8.66. The van der Waals surface area contributed by atoms with E-state index in [9.17, 15) is 0 Å². The number of thiophene rings is 1. The largest absolute Gasteiger partial charge is 0.396 e. The number of nitrogens with two attached hydrogens (primary N) is 1. The zero-order valence-electron chi connectivity index (χ0n) is 8.72. The molecule has 2 aromatic rings. The van der Waals surface area contributed by atoms with Crippen molar-refractivity contribution in [3.05, 3.63) is 17.3 Å². The molecule has 2 rings (SSSR count). The Kier molecular flexibility index (Phi) is 3.98. The smallest absolute Gasteiger partial charge is 0.142 e. The lowest BCUT2D eigenvalue weighted by atomic mass is 10.4. The van der Waals surface area contributed by atoms with Crippen molar-refractivity contribution in [2.75, 3.05) is 18.1 Å². The summed E-state index contributed by atoms with van der Waals surface area (Å²) in [7, 11) is 0. The van der Waals surface area contributed by atoms with Crippen molar-refractivity contribution >= 4 is 39.1 Å². The number of thioether (sulfide) groups is 1. The van der Waals surface area contributed by atoms with Gasteiger partial charge in [-0.25, -0.2) is 9.97 Å². The molecule has 4 nitrogen and oxygen atoms in total. The fraction of sp³-hybridized carbons (Fsp3) is 0.400. The van der Waals surface area contributed by atoms with Crippen LogP contribution in [0.25, 0.3) is 10.2 Å². The van der Waals surface area contributed by atoms with Crippen LogP contribution in [0.1, 0.15) is 12.2 Å². The van der Waals surface area contributed by atoms with Gasteiger partial charge in [0.2, 0.25) is 0 Å². The van der Waals surface area contributed by atoms with Crippen LogP contribution >= 0.6 is 23.1 Å². The molecule has 0 aliphatic heterocycles. The lowest BCUT2D eigenvalue weighted by Crippen LogP contribution is -1.99. The van der Waals surface area contributed by atoms with Crippen LogP contribution in [0.2, 0.25) is 0 Å². The maximum absolute atomic E-state index is 8.66. The Bertz CT molecular complexity index is 472. The molecule has 0 unspecified atom stereocenters. The average Bonchev–Trinajstić information content (AvgIpc) is 2.73. The number of aliphatic hydroxyl groups excluding tert-OH is 1. The highest BCUT2D eigenvalue weighted by atomic mass is 32.2. The van der Waals surface area contributed by atoms with Gasteiger partial charge in [-0.05, 0) is 23.6 Å². The fourth-order valence-corrected chi connectivity index (χ4v) is 2.90. The standard InChI is InChI=1S/C10H13N3OS2/c11-9-7-2-5-16-10(7)13-8(12-9)6-15-4-1-3-14/h2,5,14H,1,3-4,6H2,(H2,11,12,13). The number of rotatable bonds is 5. The molecule has 3 N–H and O–H groups in total. The van der Waals surface area contributed by atoms with Gasteiger partial charge in [-0.3, -0.25) is 0 Å². The zero-order chi connectivity index (χ0) is 11.4. The molecule has 6 heteroatoms. The molecule has 0 aromatic carbocycles. The number of nitrogen functional groups attached to an aromatic ring is 1. The molecule has 0 aliphatic rings. The van der Waals surface area contributed by atoms with E-state index in [1.54, 1.807) is 23.1 Å². The molecule has 0 atom stereocenters. The van der Waals surface area contributed by atoms with Crippen molar-refractivity contribution < 1.29 is 5.11 Å². The number of hydrogen-bond acceptors (Lipinski definition) is 6. The monoisotopic (exact) mass is 255 g/mol. The van der Waals surface area contributed by atoms with Crippen molar-refractivity contribution in [1.29, 1.82) is 0 Å². The van der Waals surface area contributed by atoms with Gasteiger partial charge in [0.05, 0.1) is 11.1 Å². The van der Waals surface area contributed by atoms with Gasteiger partial charge in [-0.15, -0.1) is 11.3 Å². The first kappa shape index (κ1) is 11.6. The Morgan fingerprint density at radius 2 is 2.31 bits per heavy atom. The molecular formula is C10H13N3OS2. The Labute approximate surface area is 102 Å². The maximum Gasteiger partial charge on any atom is 0.142 e. The number of anilines is 1. The highest BCUT2D eigenvalue weighted by Gasteiger charge is 2.05. The third-order valence-electron chi connectivity index (χ3n) is 2.08. The summed E-state index contributed by atoms with van der Waals surface area (Å²) in [5.41, 5.74) is 5.84. The summed E-state index contributed by atoms with van der Waals surface area (Å²) in [6, 6.07) is 1.94. The van der Waals surface area contributed by atoms with Crippen LogP contribution < -0.4 is 5.73 Å². The van der Waals surface area contributed by atoms with Gasteiger partial charge in [0.1, 0.15) is 16.5 Å². The molecule has 0 saturated heterocycles. The Morgan fingerprint density at radius 1 is 1.44 bits per heavy atom. The second-order valence-electron chi connectivity index (χ2n) is 3.29. The van der Waals surface area contributed by atoms with Crippen LogP contribution in [0.3, 0.4) is 0 Å². The first-order valence-corrected chi connectivity index (χ1v) is 7.03. The fourth-order valence-electron chi connectivity index (χ4n) is 1.32. The second kappa shape index (κ2) is 5.47. The number of hydrogen-bond donors (Lipinski definition) is 2. The van der Waals surface area contributed by atoms with E-state index >= 15 is 0 Å². The second-order valence-corrected chi connectivity index (χ2v) is 5.29. The molecule has 0 fully saturated rings. The molecule has 0 spiro atoms. The van der Waals surface area contributed by atoms with Crippen LogP contribution in [-0.4, -0.2) is 27.4 Å². The van der Waals surface area contributed by atoms with Crippen molar-refractivity contribution in [1.82, 2.24) is 9.97 Å². The van der Waals surface area contributed by atoms with Crippen LogP contribution in [0.4, 0.5) is 5.82 Å². The van der Waals surface area contributed by atoms with Crippen molar-refractivity contribution in [3.63, 3.8) is 0 Å². The number of fused-ring (bicyclic) bond motifs is 1. The molecule has 0 amide bonds. The average molecular weight is 255 g/mol. The van der Waals surface area contributed by atoms with E-state index in [-0.39, 0.29) is 6.61 Å². The van der Waals surface area contributed by atoms with E-state index in [0.29, 0.717) is 5.82 Å². The quantitative estimate of drug-likeness (QED) is 0.798. The molecule has 2 heterocycles. The molecule has 0 bridgehead atoms. The predicted molar refractivity (Wildman–Crippen MR) is 69.7 cm³/mol.